The number of carboxylic acid groups (broad SMARTS) is 1. The Hall–Kier alpha value is -0.940. The highest BCUT2D eigenvalue weighted by Crippen LogP contribution is 2.22. The van der Waals surface area contributed by atoms with E-state index < -0.39 is 5.97 Å². The van der Waals surface area contributed by atoms with Crippen LogP contribution in [-0.4, -0.2) is 16.9 Å². The van der Waals surface area contributed by atoms with Crippen LogP contribution in [0.5, 0.6) is 0 Å². The molecule has 0 fully saturated rings. The fourth-order valence-electron chi connectivity index (χ4n) is 0.676. The zero-order valence-electron chi connectivity index (χ0n) is 6.36. The molecule has 0 unspecified atom stereocenters. The molecule has 0 aliphatic carbocycles. The standard InChI is InChI=1S/C8H5BrO3S/c9-7-3-2-6(13-7)5(10)1-4-8(11)12/h1-4H,(H,11,12)/b4-1+. The molecule has 13 heavy (non-hydrogen) atoms. The molecule has 1 N–H and O–H groups in total. The van der Waals surface area contributed by atoms with Gasteiger partial charge >= 0.3 is 5.97 Å². The Morgan fingerprint density at radius 1 is 1.38 bits per heavy atom. The molecule has 0 bridgehead atoms. The molecule has 0 aromatic carbocycles. The summed E-state index contributed by atoms with van der Waals surface area (Å²) in [6.07, 6.45) is 1.87. The number of halogens is 1. The van der Waals surface area contributed by atoms with E-state index in [4.69, 9.17) is 5.11 Å². The predicted molar refractivity (Wildman–Crippen MR) is 53.1 cm³/mol. The van der Waals surface area contributed by atoms with E-state index >= 15 is 0 Å². The zero-order chi connectivity index (χ0) is 9.84. The van der Waals surface area contributed by atoms with Crippen molar-refractivity contribution in [2.45, 2.75) is 0 Å². The Morgan fingerprint density at radius 3 is 2.54 bits per heavy atom. The van der Waals surface area contributed by atoms with E-state index in [2.05, 4.69) is 15.9 Å². The van der Waals surface area contributed by atoms with Crippen LogP contribution in [-0.2, 0) is 4.79 Å². The number of carboxylic acids is 1. The van der Waals surface area contributed by atoms with Crippen molar-refractivity contribution in [3.05, 3.63) is 32.9 Å². The fraction of sp³-hybridized carbons (Fsp3) is 0. The van der Waals surface area contributed by atoms with Gasteiger partial charge in [-0.2, -0.15) is 0 Å². The molecular weight excluding hydrogens is 256 g/mol. The van der Waals surface area contributed by atoms with Crippen LogP contribution >= 0.6 is 27.3 Å². The van der Waals surface area contributed by atoms with Crippen molar-refractivity contribution in [3.63, 3.8) is 0 Å². The molecule has 0 atom stereocenters. The third-order valence-corrected chi connectivity index (χ3v) is 2.83. The SMILES string of the molecule is O=C(O)/C=C/C(=O)c1ccc(Br)s1. The summed E-state index contributed by atoms with van der Waals surface area (Å²) in [5.41, 5.74) is 0. The van der Waals surface area contributed by atoms with E-state index in [1.807, 2.05) is 0 Å². The van der Waals surface area contributed by atoms with E-state index in [1.165, 1.54) is 11.3 Å². The third kappa shape index (κ3) is 3.12. The normalized spacial score (nSPS) is 10.5. The van der Waals surface area contributed by atoms with Crippen LogP contribution < -0.4 is 0 Å². The molecule has 3 nitrogen and oxygen atoms in total. The van der Waals surface area contributed by atoms with E-state index in [0.717, 1.165) is 15.9 Å². The van der Waals surface area contributed by atoms with Gasteiger partial charge in [-0.3, -0.25) is 4.79 Å². The van der Waals surface area contributed by atoms with Crippen LogP contribution in [0.4, 0.5) is 0 Å². The van der Waals surface area contributed by atoms with Gasteiger partial charge in [-0.25, -0.2) is 4.79 Å². The maximum absolute atomic E-state index is 11.2. The van der Waals surface area contributed by atoms with E-state index in [1.54, 1.807) is 12.1 Å². The molecule has 1 aromatic rings. The Balaban J connectivity index is 2.75. The summed E-state index contributed by atoms with van der Waals surface area (Å²) in [4.78, 5) is 21.8. The minimum atomic E-state index is -1.12. The highest BCUT2D eigenvalue weighted by atomic mass is 79.9. The number of allylic oxidation sites excluding steroid dienone is 1. The predicted octanol–water partition coefficient (Wildman–Crippen LogP) is 2.33. The van der Waals surface area contributed by atoms with Crippen molar-refractivity contribution < 1.29 is 14.7 Å². The quantitative estimate of drug-likeness (QED) is 0.671. The van der Waals surface area contributed by atoms with Gasteiger partial charge in [0.05, 0.1) is 8.66 Å². The topological polar surface area (TPSA) is 54.4 Å². The minimum Gasteiger partial charge on any atom is -0.478 e. The van der Waals surface area contributed by atoms with Crippen LogP contribution in [0.25, 0.3) is 0 Å². The first-order valence-corrected chi connectivity index (χ1v) is 4.91. The van der Waals surface area contributed by atoms with Gasteiger partial charge in [0.15, 0.2) is 5.78 Å². The molecular formula is C8H5BrO3S. The Kier molecular flexibility index (Phi) is 3.39. The molecule has 0 amide bonds. The van der Waals surface area contributed by atoms with Crippen LogP contribution in [0.2, 0.25) is 0 Å². The molecule has 0 radical (unpaired) electrons. The van der Waals surface area contributed by atoms with Gasteiger partial charge in [0.2, 0.25) is 0 Å². The fourth-order valence-corrected chi connectivity index (χ4v) is 1.98. The first kappa shape index (κ1) is 10.1. The number of carbonyl (C=O) groups is 2. The van der Waals surface area contributed by atoms with Crippen LogP contribution in [0.3, 0.4) is 0 Å². The molecule has 0 aliphatic rings. The van der Waals surface area contributed by atoms with Crippen LogP contribution in [0, 0.1) is 0 Å². The molecule has 0 saturated carbocycles. The Bertz CT molecular complexity index is 367. The average molecular weight is 261 g/mol. The lowest BCUT2D eigenvalue weighted by atomic mass is 10.3. The maximum atomic E-state index is 11.2. The van der Waals surface area contributed by atoms with Crippen molar-refractivity contribution >= 4 is 39.0 Å². The smallest absolute Gasteiger partial charge is 0.328 e. The average Bonchev–Trinajstić information content (AvgIpc) is 2.47. The summed E-state index contributed by atoms with van der Waals surface area (Å²) < 4.78 is 0.847. The van der Waals surface area contributed by atoms with Crippen molar-refractivity contribution in [3.8, 4) is 0 Å². The summed E-state index contributed by atoms with van der Waals surface area (Å²) in [7, 11) is 0. The Labute approximate surface area is 86.8 Å². The number of hydrogen-bond acceptors (Lipinski definition) is 3. The summed E-state index contributed by atoms with van der Waals surface area (Å²) in [5.74, 6) is -1.41. The molecule has 1 aromatic heterocycles. The Morgan fingerprint density at radius 2 is 2.08 bits per heavy atom. The molecule has 5 heteroatoms. The zero-order valence-corrected chi connectivity index (χ0v) is 8.76. The van der Waals surface area contributed by atoms with E-state index in [9.17, 15) is 9.59 Å². The summed E-state index contributed by atoms with van der Waals surface area (Å²) in [6.45, 7) is 0. The highest BCUT2D eigenvalue weighted by Gasteiger charge is 2.04. The number of ketones is 1. The van der Waals surface area contributed by atoms with Crippen molar-refractivity contribution in [2.75, 3.05) is 0 Å². The summed E-state index contributed by atoms with van der Waals surface area (Å²) >= 11 is 4.48. The number of thiophene rings is 1. The number of rotatable bonds is 3. The second-order valence-electron chi connectivity index (χ2n) is 2.14. The lowest BCUT2D eigenvalue weighted by Crippen LogP contribution is -1.93. The van der Waals surface area contributed by atoms with Crippen molar-refractivity contribution in [2.24, 2.45) is 0 Å². The van der Waals surface area contributed by atoms with Gasteiger partial charge in [0, 0.05) is 6.08 Å². The second kappa shape index (κ2) is 4.34. The summed E-state index contributed by atoms with van der Waals surface area (Å²) in [6, 6.07) is 3.38. The van der Waals surface area contributed by atoms with Crippen LogP contribution in [0.15, 0.2) is 28.1 Å². The number of carbonyl (C=O) groups excluding carboxylic acids is 1. The molecule has 1 rings (SSSR count). The van der Waals surface area contributed by atoms with Gasteiger partial charge in [0.25, 0.3) is 0 Å². The van der Waals surface area contributed by atoms with Crippen molar-refractivity contribution in [1.82, 2.24) is 0 Å². The van der Waals surface area contributed by atoms with Gasteiger partial charge in [-0.05, 0) is 34.1 Å². The monoisotopic (exact) mass is 260 g/mol. The first-order valence-electron chi connectivity index (χ1n) is 3.30. The highest BCUT2D eigenvalue weighted by molar-refractivity contribution is 9.11. The molecule has 0 aliphatic heterocycles. The van der Waals surface area contributed by atoms with E-state index in [-0.39, 0.29) is 5.78 Å². The van der Waals surface area contributed by atoms with Gasteiger partial charge in [-0.1, -0.05) is 0 Å². The lowest BCUT2D eigenvalue weighted by molar-refractivity contribution is -0.131. The van der Waals surface area contributed by atoms with Gasteiger partial charge in [0.1, 0.15) is 0 Å². The first-order chi connectivity index (χ1) is 6.09. The molecule has 0 saturated heterocycles. The van der Waals surface area contributed by atoms with Crippen molar-refractivity contribution in [1.29, 1.82) is 0 Å². The van der Waals surface area contributed by atoms with Crippen LogP contribution in [0.1, 0.15) is 9.67 Å². The minimum absolute atomic E-state index is 0.293. The number of aliphatic carboxylic acids is 1. The molecule has 68 valence electrons. The second-order valence-corrected chi connectivity index (χ2v) is 4.60. The number of hydrogen-bond donors (Lipinski definition) is 1. The van der Waals surface area contributed by atoms with E-state index in [0.29, 0.717) is 4.88 Å². The largest absolute Gasteiger partial charge is 0.478 e. The van der Waals surface area contributed by atoms with Gasteiger partial charge < -0.3 is 5.11 Å². The maximum Gasteiger partial charge on any atom is 0.328 e. The molecule has 1 heterocycles. The molecule has 0 spiro atoms. The van der Waals surface area contributed by atoms with Gasteiger partial charge in [-0.15, -0.1) is 11.3 Å². The lowest BCUT2D eigenvalue weighted by Gasteiger charge is -1.85. The summed E-state index contributed by atoms with van der Waals surface area (Å²) in [5, 5.41) is 8.27. The third-order valence-electron chi connectivity index (χ3n) is 1.19.